The van der Waals surface area contributed by atoms with Gasteiger partial charge in [0, 0.05) is 29.8 Å². The summed E-state index contributed by atoms with van der Waals surface area (Å²) in [6.07, 6.45) is 0.415. The van der Waals surface area contributed by atoms with Gasteiger partial charge in [0.05, 0.1) is 5.88 Å². The number of thioether (sulfide) groups is 1. The van der Waals surface area contributed by atoms with Crippen LogP contribution in [-0.2, 0) is 16.0 Å². The van der Waals surface area contributed by atoms with E-state index >= 15 is 0 Å². The SMILES string of the molecule is Cc1ccc(NC(=O)C2CSCN2C(=O)CCc2nc(-c3ccc(F)cc3)no2)cc1C. The Morgan fingerprint density at radius 2 is 1.97 bits per heavy atom. The lowest BCUT2D eigenvalue weighted by Crippen LogP contribution is -2.44. The Kier molecular flexibility index (Phi) is 6.55. The summed E-state index contributed by atoms with van der Waals surface area (Å²) >= 11 is 1.55. The first-order valence-corrected chi connectivity index (χ1v) is 11.4. The molecule has 0 bridgehead atoms. The predicted octanol–water partition coefficient (Wildman–Crippen LogP) is 3.97. The number of hydrogen-bond donors (Lipinski definition) is 1. The number of nitrogens with zero attached hydrogens (tertiary/aromatic N) is 3. The predicted molar refractivity (Wildman–Crippen MR) is 121 cm³/mol. The number of carbonyl (C=O) groups excluding carboxylic acids is 2. The summed E-state index contributed by atoms with van der Waals surface area (Å²) < 4.78 is 18.3. The standard InChI is InChI=1S/C23H23FN4O3S/c1-14-3-8-18(11-15(14)2)25-23(30)19-12-32-13-28(19)21(29)10-9-20-26-22(27-31-20)16-4-6-17(24)7-5-16/h3-8,11,19H,9-10,12-13H2,1-2H3,(H,25,30). The molecule has 0 spiro atoms. The molecule has 3 aromatic rings. The monoisotopic (exact) mass is 454 g/mol. The molecule has 2 aromatic carbocycles. The van der Waals surface area contributed by atoms with E-state index in [9.17, 15) is 14.0 Å². The van der Waals surface area contributed by atoms with Crippen LogP contribution in [0.3, 0.4) is 0 Å². The number of anilines is 1. The average molecular weight is 455 g/mol. The van der Waals surface area contributed by atoms with Crippen LogP contribution < -0.4 is 5.32 Å². The molecule has 1 aliphatic heterocycles. The van der Waals surface area contributed by atoms with Crippen molar-refractivity contribution in [3.63, 3.8) is 0 Å². The molecule has 1 fully saturated rings. The van der Waals surface area contributed by atoms with E-state index in [1.54, 1.807) is 28.8 Å². The van der Waals surface area contributed by atoms with Gasteiger partial charge in [-0.05, 0) is 61.4 Å². The lowest BCUT2D eigenvalue weighted by Gasteiger charge is -2.23. The van der Waals surface area contributed by atoms with Gasteiger partial charge in [-0.2, -0.15) is 4.98 Å². The number of benzene rings is 2. The van der Waals surface area contributed by atoms with Crippen LogP contribution in [-0.4, -0.2) is 44.5 Å². The fourth-order valence-electron chi connectivity index (χ4n) is 3.38. The summed E-state index contributed by atoms with van der Waals surface area (Å²) in [5.74, 6) is 1.00. The minimum Gasteiger partial charge on any atom is -0.339 e. The molecule has 1 unspecified atom stereocenters. The highest BCUT2D eigenvalue weighted by molar-refractivity contribution is 7.99. The maximum Gasteiger partial charge on any atom is 0.248 e. The van der Waals surface area contributed by atoms with Gasteiger partial charge in [0.25, 0.3) is 0 Å². The van der Waals surface area contributed by atoms with Gasteiger partial charge in [0.15, 0.2) is 0 Å². The van der Waals surface area contributed by atoms with E-state index in [2.05, 4.69) is 15.5 Å². The van der Waals surface area contributed by atoms with Crippen LogP contribution in [0.25, 0.3) is 11.4 Å². The van der Waals surface area contributed by atoms with Crippen LogP contribution >= 0.6 is 11.8 Å². The van der Waals surface area contributed by atoms with E-state index in [0.29, 0.717) is 28.9 Å². The average Bonchev–Trinajstić information content (AvgIpc) is 3.45. The fourth-order valence-corrected chi connectivity index (χ4v) is 4.56. The smallest absolute Gasteiger partial charge is 0.248 e. The second-order valence-electron chi connectivity index (χ2n) is 7.69. The number of aryl methyl sites for hydroxylation is 3. The van der Waals surface area contributed by atoms with Crippen LogP contribution in [0.2, 0.25) is 0 Å². The van der Waals surface area contributed by atoms with Gasteiger partial charge < -0.3 is 14.7 Å². The van der Waals surface area contributed by atoms with Gasteiger partial charge >= 0.3 is 0 Å². The largest absolute Gasteiger partial charge is 0.339 e. The third-order valence-corrected chi connectivity index (χ3v) is 6.42. The minimum atomic E-state index is -0.522. The second kappa shape index (κ2) is 9.52. The Morgan fingerprint density at radius 3 is 2.72 bits per heavy atom. The van der Waals surface area contributed by atoms with Crippen molar-refractivity contribution < 1.29 is 18.5 Å². The van der Waals surface area contributed by atoms with Crippen molar-refractivity contribution in [1.82, 2.24) is 15.0 Å². The lowest BCUT2D eigenvalue weighted by molar-refractivity contribution is -0.136. The number of hydrogen-bond acceptors (Lipinski definition) is 6. The first-order chi connectivity index (χ1) is 15.4. The van der Waals surface area contributed by atoms with E-state index in [1.165, 1.54) is 12.1 Å². The van der Waals surface area contributed by atoms with E-state index in [1.807, 2.05) is 32.0 Å². The van der Waals surface area contributed by atoms with Gasteiger partial charge in [-0.1, -0.05) is 11.2 Å². The number of rotatable bonds is 6. The van der Waals surface area contributed by atoms with Gasteiger partial charge in [-0.25, -0.2) is 4.39 Å². The summed E-state index contributed by atoms with van der Waals surface area (Å²) in [5, 5.41) is 6.82. The van der Waals surface area contributed by atoms with Crippen molar-refractivity contribution in [2.24, 2.45) is 0 Å². The number of amides is 2. The zero-order valence-corrected chi connectivity index (χ0v) is 18.6. The Hall–Kier alpha value is -3.20. The second-order valence-corrected chi connectivity index (χ2v) is 8.69. The summed E-state index contributed by atoms with van der Waals surface area (Å²) in [5.41, 5.74) is 3.60. The zero-order chi connectivity index (χ0) is 22.7. The van der Waals surface area contributed by atoms with Gasteiger partial charge in [-0.3, -0.25) is 9.59 Å². The highest BCUT2D eigenvalue weighted by atomic mass is 32.2. The van der Waals surface area contributed by atoms with Crippen LogP contribution in [0.4, 0.5) is 10.1 Å². The van der Waals surface area contributed by atoms with Crippen LogP contribution in [0.15, 0.2) is 47.0 Å². The van der Waals surface area contributed by atoms with Crippen molar-refractivity contribution >= 4 is 29.3 Å². The quantitative estimate of drug-likeness (QED) is 0.607. The maximum atomic E-state index is 13.1. The molecule has 1 N–H and O–H groups in total. The third kappa shape index (κ3) is 4.99. The molecule has 32 heavy (non-hydrogen) atoms. The van der Waals surface area contributed by atoms with E-state index in [-0.39, 0.29) is 30.5 Å². The molecule has 1 aliphatic rings. The van der Waals surface area contributed by atoms with Crippen molar-refractivity contribution in [2.45, 2.75) is 32.7 Å². The van der Waals surface area contributed by atoms with Crippen LogP contribution in [0, 0.1) is 19.7 Å². The molecule has 1 atom stereocenters. The van der Waals surface area contributed by atoms with Crippen molar-refractivity contribution in [3.8, 4) is 11.4 Å². The molecule has 0 radical (unpaired) electrons. The minimum absolute atomic E-state index is 0.142. The Labute approximate surface area is 189 Å². The maximum absolute atomic E-state index is 13.1. The van der Waals surface area contributed by atoms with Crippen molar-refractivity contribution in [3.05, 3.63) is 65.3 Å². The van der Waals surface area contributed by atoms with E-state index in [4.69, 9.17) is 4.52 Å². The summed E-state index contributed by atoms with van der Waals surface area (Å²) in [6.45, 7) is 4.01. The molecule has 7 nitrogen and oxygen atoms in total. The van der Waals surface area contributed by atoms with E-state index in [0.717, 1.165) is 16.8 Å². The summed E-state index contributed by atoms with van der Waals surface area (Å²) in [7, 11) is 0. The van der Waals surface area contributed by atoms with E-state index < -0.39 is 6.04 Å². The normalized spacial score (nSPS) is 15.7. The molecule has 2 amide bonds. The molecule has 1 saturated heterocycles. The van der Waals surface area contributed by atoms with Gasteiger partial charge in [-0.15, -0.1) is 11.8 Å². The molecule has 0 aliphatic carbocycles. The van der Waals surface area contributed by atoms with Gasteiger partial charge in [0.1, 0.15) is 11.9 Å². The fraction of sp³-hybridized carbons (Fsp3) is 0.304. The first kappa shape index (κ1) is 22.0. The molecule has 0 saturated carbocycles. The van der Waals surface area contributed by atoms with Gasteiger partial charge in [0.2, 0.25) is 23.5 Å². The Balaban J connectivity index is 1.35. The first-order valence-electron chi connectivity index (χ1n) is 10.2. The number of aromatic nitrogens is 2. The third-order valence-electron chi connectivity index (χ3n) is 5.40. The summed E-state index contributed by atoms with van der Waals surface area (Å²) in [6, 6.07) is 11.0. The number of carbonyl (C=O) groups is 2. The van der Waals surface area contributed by atoms with Crippen LogP contribution in [0.1, 0.15) is 23.4 Å². The number of halogens is 1. The number of nitrogens with one attached hydrogen (secondary N) is 1. The van der Waals surface area contributed by atoms with Crippen molar-refractivity contribution in [2.75, 3.05) is 16.9 Å². The molecule has 166 valence electrons. The summed E-state index contributed by atoms with van der Waals surface area (Å²) in [4.78, 5) is 31.5. The molecule has 9 heteroatoms. The topological polar surface area (TPSA) is 88.3 Å². The Bertz CT molecular complexity index is 1130. The van der Waals surface area contributed by atoms with Crippen molar-refractivity contribution in [1.29, 1.82) is 0 Å². The molecular formula is C23H23FN4O3S. The van der Waals surface area contributed by atoms with Crippen LogP contribution in [0.5, 0.6) is 0 Å². The molecule has 2 heterocycles. The molecular weight excluding hydrogens is 431 g/mol. The lowest BCUT2D eigenvalue weighted by atomic mass is 10.1. The zero-order valence-electron chi connectivity index (χ0n) is 17.8. The highest BCUT2D eigenvalue weighted by Crippen LogP contribution is 2.24. The molecule has 4 rings (SSSR count). The highest BCUT2D eigenvalue weighted by Gasteiger charge is 2.34. The molecule has 1 aromatic heterocycles. The Morgan fingerprint density at radius 1 is 1.19 bits per heavy atom.